The summed E-state index contributed by atoms with van der Waals surface area (Å²) in [6.07, 6.45) is 6.46. The van der Waals surface area contributed by atoms with Crippen molar-refractivity contribution in [2.75, 3.05) is 0 Å². The van der Waals surface area contributed by atoms with Gasteiger partial charge in [-0.15, -0.1) is 0 Å². The van der Waals surface area contributed by atoms with Crippen LogP contribution in [0.1, 0.15) is 38.9 Å². The Kier molecular flexibility index (Phi) is 3.43. The third-order valence-corrected chi connectivity index (χ3v) is 3.70. The molecule has 1 aromatic heterocycles. The second-order valence-corrected chi connectivity index (χ2v) is 5.39. The molecule has 0 radical (unpaired) electrons. The van der Waals surface area contributed by atoms with Crippen LogP contribution in [0.15, 0.2) is 12.4 Å². The molecule has 1 aliphatic carbocycles. The molecule has 0 aromatic carbocycles. The van der Waals surface area contributed by atoms with Crippen molar-refractivity contribution in [2.24, 2.45) is 12.8 Å². The molecule has 0 spiro atoms. The van der Waals surface area contributed by atoms with Crippen molar-refractivity contribution < 1.29 is 4.79 Å². The zero-order valence-electron chi connectivity index (χ0n) is 11.4. The molecule has 0 saturated heterocycles. The quantitative estimate of drug-likeness (QED) is 0.849. The largest absolute Gasteiger partial charge is 0.337 e. The molecular formula is C13H22N4O. The minimum absolute atomic E-state index is 0.0375. The van der Waals surface area contributed by atoms with Crippen LogP contribution in [-0.4, -0.2) is 31.9 Å². The molecule has 0 bridgehead atoms. The van der Waals surface area contributed by atoms with E-state index in [-0.39, 0.29) is 5.91 Å². The average molecular weight is 250 g/mol. The molecule has 18 heavy (non-hydrogen) atoms. The van der Waals surface area contributed by atoms with Gasteiger partial charge in [0.1, 0.15) is 5.82 Å². The molecule has 0 aliphatic heterocycles. The zero-order chi connectivity index (χ0) is 13.3. The van der Waals surface area contributed by atoms with Gasteiger partial charge in [-0.05, 0) is 26.2 Å². The topological polar surface area (TPSA) is 64.2 Å². The Morgan fingerprint density at radius 3 is 2.78 bits per heavy atom. The summed E-state index contributed by atoms with van der Waals surface area (Å²) >= 11 is 0. The van der Waals surface area contributed by atoms with Gasteiger partial charge in [0, 0.05) is 25.5 Å². The molecule has 1 atom stereocenters. The number of amides is 1. The van der Waals surface area contributed by atoms with Crippen molar-refractivity contribution in [3.63, 3.8) is 0 Å². The molecular weight excluding hydrogens is 228 g/mol. The lowest BCUT2D eigenvalue weighted by molar-refractivity contribution is -0.138. The van der Waals surface area contributed by atoms with E-state index in [2.05, 4.69) is 4.98 Å². The molecule has 1 amide bonds. The fraction of sp³-hybridized carbons (Fsp3) is 0.692. The molecule has 2 N–H and O–H groups in total. The minimum atomic E-state index is -0.770. The number of carbonyl (C=O) groups excluding carboxylic acids is 1. The summed E-state index contributed by atoms with van der Waals surface area (Å²) in [7, 11) is 1.94. The highest BCUT2D eigenvalue weighted by Crippen LogP contribution is 2.30. The number of hydrogen-bond acceptors (Lipinski definition) is 3. The molecule has 2 rings (SSSR count). The lowest BCUT2D eigenvalue weighted by Gasteiger charge is -2.31. The lowest BCUT2D eigenvalue weighted by Crippen LogP contribution is -2.53. The molecule has 1 heterocycles. The fourth-order valence-corrected chi connectivity index (χ4v) is 1.93. The van der Waals surface area contributed by atoms with E-state index in [1.807, 2.05) is 36.6 Å². The standard InChI is InChI=1S/C13H22N4O/c1-4-13(2,14)12(18)17(10-5-6-10)9-11-15-7-8-16(11)3/h7-8,10H,4-6,9,14H2,1-3H3. The summed E-state index contributed by atoms with van der Waals surface area (Å²) in [5, 5.41) is 0. The van der Waals surface area contributed by atoms with E-state index in [1.165, 1.54) is 0 Å². The lowest BCUT2D eigenvalue weighted by atomic mass is 9.98. The van der Waals surface area contributed by atoms with Crippen LogP contribution in [0.25, 0.3) is 0 Å². The third kappa shape index (κ3) is 2.56. The molecule has 1 aromatic rings. The second kappa shape index (κ2) is 4.72. The Labute approximate surface area is 108 Å². The number of imidazole rings is 1. The summed E-state index contributed by atoms with van der Waals surface area (Å²) in [6.45, 7) is 4.31. The Morgan fingerprint density at radius 2 is 2.33 bits per heavy atom. The van der Waals surface area contributed by atoms with Gasteiger partial charge in [0.25, 0.3) is 0 Å². The van der Waals surface area contributed by atoms with Crippen molar-refractivity contribution in [3.05, 3.63) is 18.2 Å². The predicted molar refractivity (Wildman–Crippen MR) is 69.7 cm³/mol. The fourth-order valence-electron chi connectivity index (χ4n) is 1.93. The van der Waals surface area contributed by atoms with Crippen LogP contribution in [0, 0.1) is 0 Å². The van der Waals surface area contributed by atoms with E-state index in [0.717, 1.165) is 18.7 Å². The Balaban J connectivity index is 2.14. The summed E-state index contributed by atoms with van der Waals surface area (Å²) in [4.78, 5) is 18.7. The van der Waals surface area contributed by atoms with Crippen LogP contribution in [-0.2, 0) is 18.4 Å². The highest BCUT2D eigenvalue weighted by molar-refractivity contribution is 5.86. The van der Waals surface area contributed by atoms with E-state index in [1.54, 1.807) is 6.20 Å². The highest BCUT2D eigenvalue weighted by atomic mass is 16.2. The molecule has 1 fully saturated rings. The zero-order valence-corrected chi connectivity index (χ0v) is 11.4. The van der Waals surface area contributed by atoms with Crippen molar-refractivity contribution in [3.8, 4) is 0 Å². The van der Waals surface area contributed by atoms with Crippen molar-refractivity contribution in [1.29, 1.82) is 0 Å². The van der Waals surface area contributed by atoms with Gasteiger partial charge in [0.15, 0.2) is 0 Å². The predicted octanol–water partition coefficient (Wildman–Crippen LogP) is 1.04. The van der Waals surface area contributed by atoms with Gasteiger partial charge in [-0.3, -0.25) is 4.79 Å². The average Bonchev–Trinajstić information content (AvgIpc) is 3.10. The molecule has 5 heteroatoms. The maximum absolute atomic E-state index is 12.5. The van der Waals surface area contributed by atoms with Crippen LogP contribution in [0.4, 0.5) is 0 Å². The van der Waals surface area contributed by atoms with Crippen molar-refractivity contribution in [1.82, 2.24) is 14.5 Å². The van der Waals surface area contributed by atoms with Crippen LogP contribution in [0.3, 0.4) is 0 Å². The van der Waals surface area contributed by atoms with Crippen LogP contribution in [0.2, 0.25) is 0 Å². The highest BCUT2D eigenvalue weighted by Gasteiger charge is 2.39. The van der Waals surface area contributed by atoms with E-state index in [0.29, 0.717) is 19.0 Å². The van der Waals surface area contributed by atoms with E-state index < -0.39 is 5.54 Å². The van der Waals surface area contributed by atoms with Gasteiger partial charge in [-0.1, -0.05) is 6.92 Å². The number of aryl methyl sites for hydroxylation is 1. The number of aromatic nitrogens is 2. The summed E-state index contributed by atoms with van der Waals surface area (Å²) in [5.74, 6) is 0.942. The van der Waals surface area contributed by atoms with Crippen LogP contribution >= 0.6 is 0 Å². The number of rotatable bonds is 5. The first-order valence-electron chi connectivity index (χ1n) is 6.52. The smallest absolute Gasteiger partial charge is 0.243 e. The Morgan fingerprint density at radius 1 is 1.67 bits per heavy atom. The van der Waals surface area contributed by atoms with E-state index >= 15 is 0 Å². The number of nitrogens with two attached hydrogens (primary N) is 1. The Bertz CT molecular complexity index is 434. The van der Waals surface area contributed by atoms with Crippen molar-refractivity contribution >= 4 is 5.91 Å². The Hall–Kier alpha value is -1.36. The van der Waals surface area contributed by atoms with Crippen LogP contribution < -0.4 is 5.73 Å². The number of hydrogen-bond donors (Lipinski definition) is 1. The maximum Gasteiger partial charge on any atom is 0.243 e. The van der Waals surface area contributed by atoms with Gasteiger partial charge in [0.2, 0.25) is 5.91 Å². The summed E-state index contributed by atoms with van der Waals surface area (Å²) in [5.41, 5.74) is 5.30. The minimum Gasteiger partial charge on any atom is -0.337 e. The molecule has 1 aliphatic rings. The van der Waals surface area contributed by atoms with Gasteiger partial charge in [0.05, 0.1) is 12.1 Å². The first kappa shape index (κ1) is 13.1. The van der Waals surface area contributed by atoms with Gasteiger partial charge in [-0.25, -0.2) is 4.98 Å². The molecule has 100 valence electrons. The first-order chi connectivity index (χ1) is 8.45. The molecule has 1 saturated carbocycles. The number of nitrogens with zero attached hydrogens (tertiary/aromatic N) is 3. The van der Waals surface area contributed by atoms with E-state index in [4.69, 9.17) is 5.73 Å². The van der Waals surface area contributed by atoms with Gasteiger partial charge >= 0.3 is 0 Å². The SMILES string of the molecule is CCC(C)(N)C(=O)N(Cc1nccn1C)C1CC1. The van der Waals surface area contributed by atoms with Crippen molar-refractivity contribution in [2.45, 2.75) is 51.2 Å². The van der Waals surface area contributed by atoms with Crippen LogP contribution in [0.5, 0.6) is 0 Å². The number of carbonyl (C=O) groups is 1. The summed E-state index contributed by atoms with van der Waals surface area (Å²) in [6, 6.07) is 0.351. The normalized spacial score (nSPS) is 18.4. The van der Waals surface area contributed by atoms with E-state index in [9.17, 15) is 4.79 Å². The van der Waals surface area contributed by atoms with Gasteiger partial charge < -0.3 is 15.2 Å². The first-order valence-corrected chi connectivity index (χ1v) is 6.52. The third-order valence-electron chi connectivity index (χ3n) is 3.70. The second-order valence-electron chi connectivity index (χ2n) is 5.39. The summed E-state index contributed by atoms with van der Waals surface area (Å²) < 4.78 is 1.95. The molecule has 1 unspecified atom stereocenters. The molecule has 5 nitrogen and oxygen atoms in total. The maximum atomic E-state index is 12.5. The van der Waals surface area contributed by atoms with Gasteiger partial charge in [-0.2, -0.15) is 0 Å². The monoisotopic (exact) mass is 250 g/mol.